The van der Waals surface area contributed by atoms with E-state index in [1.54, 1.807) is 7.11 Å². The number of methoxy groups -OCH3 is 1. The van der Waals surface area contributed by atoms with Gasteiger partial charge in [-0.1, -0.05) is 18.7 Å². The maximum absolute atomic E-state index is 13.1. The Morgan fingerprint density at radius 2 is 1.97 bits per heavy atom. The average molecular weight is 439 g/mol. The number of nitrogens with zero attached hydrogens (tertiary/aromatic N) is 3. The summed E-state index contributed by atoms with van der Waals surface area (Å²) in [6, 6.07) is 9.95. The monoisotopic (exact) mass is 438 g/mol. The highest BCUT2D eigenvalue weighted by Gasteiger charge is 2.39. The van der Waals surface area contributed by atoms with Crippen molar-refractivity contribution in [3.8, 4) is 11.4 Å². The van der Waals surface area contributed by atoms with E-state index in [0.29, 0.717) is 15.0 Å². The molecule has 6 nitrogen and oxygen atoms in total. The predicted octanol–water partition coefficient (Wildman–Crippen LogP) is 4.93. The number of Topliss-reactive ketones (excluding diaryl/α,β-unsaturated/α-hetero) is 1. The molecule has 0 aliphatic carbocycles. The van der Waals surface area contributed by atoms with Crippen LogP contribution in [0, 0.1) is 19.3 Å². The van der Waals surface area contributed by atoms with Gasteiger partial charge in [-0.15, -0.1) is 21.5 Å². The minimum absolute atomic E-state index is 0.0712. The summed E-state index contributed by atoms with van der Waals surface area (Å²) in [6.07, 6.45) is 2.67. The fraction of sp³-hybridized carbons (Fsp3) is 0.273. The summed E-state index contributed by atoms with van der Waals surface area (Å²) >= 11 is 2.64. The maximum Gasteiger partial charge on any atom is 0.186 e. The summed E-state index contributed by atoms with van der Waals surface area (Å²) in [6.45, 7) is 6.08. The molecule has 0 amide bonds. The normalized spacial score (nSPS) is 17.9. The molecule has 3 aromatic rings. The molecular weight excluding hydrogens is 416 g/mol. The third-order valence-electron chi connectivity index (χ3n) is 5.11. The van der Waals surface area contributed by atoms with Crippen molar-refractivity contribution in [1.29, 1.82) is 5.41 Å². The van der Waals surface area contributed by atoms with Crippen LogP contribution in [-0.2, 0) is 11.2 Å². The fourth-order valence-electron chi connectivity index (χ4n) is 3.54. The Balaban J connectivity index is 1.66. The zero-order valence-corrected chi connectivity index (χ0v) is 18.9. The largest absolute Gasteiger partial charge is 0.497 e. The summed E-state index contributed by atoms with van der Waals surface area (Å²) in [5, 5.41) is 18.4. The minimum Gasteiger partial charge on any atom is -0.497 e. The lowest BCUT2D eigenvalue weighted by atomic mass is 10.1. The van der Waals surface area contributed by atoms with Crippen molar-refractivity contribution < 1.29 is 9.53 Å². The second-order valence-electron chi connectivity index (χ2n) is 7.02. The molecule has 0 saturated carbocycles. The van der Waals surface area contributed by atoms with Gasteiger partial charge in [0, 0.05) is 17.1 Å². The molecule has 0 bridgehead atoms. The van der Waals surface area contributed by atoms with E-state index in [-0.39, 0.29) is 5.78 Å². The Morgan fingerprint density at radius 3 is 2.60 bits per heavy atom. The van der Waals surface area contributed by atoms with Crippen molar-refractivity contribution in [3.05, 3.63) is 62.2 Å². The minimum atomic E-state index is -0.621. The predicted molar refractivity (Wildman–Crippen MR) is 122 cm³/mol. The summed E-state index contributed by atoms with van der Waals surface area (Å²) in [5.41, 5.74) is 4.12. The molecule has 1 fully saturated rings. The summed E-state index contributed by atoms with van der Waals surface area (Å²) in [7, 11) is 1.65. The number of ether oxygens (including phenoxy) is 1. The molecule has 1 saturated heterocycles. The van der Waals surface area contributed by atoms with E-state index in [2.05, 4.69) is 20.8 Å². The smallest absolute Gasteiger partial charge is 0.186 e. The second-order valence-corrected chi connectivity index (χ2v) is 9.20. The quantitative estimate of drug-likeness (QED) is 0.571. The van der Waals surface area contributed by atoms with Crippen LogP contribution in [0.2, 0.25) is 0 Å². The molecule has 1 aliphatic rings. The van der Waals surface area contributed by atoms with Crippen LogP contribution in [0.1, 0.15) is 39.8 Å². The van der Waals surface area contributed by atoms with Crippen molar-refractivity contribution in [2.45, 2.75) is 33.1 Å². The molecule has 0 spiro atoms. The number of thioether (sulfide) groups is 1. The van der Waals surface area contributed by atoms with E-state index in [9.17, 15) is 4.79 Å². The van der Waals surface area contributed by atoms with Crippen LogP contribution in [-0.4, -0.2) is 32.7 Å². The molecule has 3 heterocycles. The lowest BCUT2D eigenvalue weighted by Gasteiger charge is -2.10. The van der Waals surface area contributed by atoms with Crippen molar-refractivity contribution in [2.24, 2.45) is 0 Å². The highest BCUT2D eigenvalue weighted by atomic mass is 32.2. The number of benzene rings is 1. The number of nitrogens with one attached hydrogen (secondary N) is 1. The average Bonchev–Trinajstić information content (AvgIpc) is 3.39. The van der Waals surface area contributed by atoms with Crippen LogP contribution in [0.3, 0.4) is 0 Å². The van der Waals surface area contributed by atoms with E-state index in [0.717, 1.165) is 39.8 Å². The number of aromatic nitrogens is 3. The van der Waals surface area contributed by atoms with Crippen LogP contribution in [0.4, 0.5) is 0 Å². The third kappa shape index (κ3) is 3.61. The van der Waals surface area contributed by atoms with Gasteiger partial charge in [0.05, 0.1) is 17.1 Å². The topological polar surface area (TPSA) is 80.9 Å². The molecule has 1 N–H and O–H groups in total. The Labute approximate surface area is 183 Å². The number of carbonyl (C=O) groups is 1. The van der Waals surface area contributed by atoms with Gasteiger partial charge in [0.25, 0.3) is 0 Å². The number of hydrogen-bond donors (Lipinski definition) is 1. The van der Waals surface area contributed by atoms with Crippen LogP contribution in [0.5, 0.6) is 5.75 Å². The van der Waals surface area contributed by atoms with Crippen molar-refractivity contribution >= 4 is 40.0 Å². The highest BCUT2D eigenvalue weighted by Crippen LogP contribution is 2.42. The first kappa shape index (κ1) is 20.6. The van der Waals surface area contributed by atoms with E-state index in [4.69, 9.17) is 10.1 Å². The van der Waals surface area contributed by atoms with Gasteiger partial charge < -0.3 is 9.30 Å². The zero-order valence-electron chi connectivity index (χ0n) is 17.2. The first-order valence-corrected chi connectivity index (χ1v) is 11.2. The van der Waals surface area contributed by atoms with Gasteiger partial charge in [-0.25, -0.2) is 0 Å². The van der Waals surface area contributed by atoms with Gasteiger partial charge in [0.2, 0.25) is 0 Å². The Morgan fingerprint density at radius 1 is 1.23 bits per heavy atom. The number of aryl methyl sites for hydroxylation is 2. The number of ketones is 1. The molecule has 4 rings (SSSR count). The van der Waals surface area contributed by atoms with Crippen LogP contribution >= 0.6 is 23.1 Å². The zero-order chi connectivity index (χ0) is 21.4. The van der Waals surface area contributed by atoms with E-state index in [1.165, 1.54) is 23.1 Å². The lowest BCUT2D eigenvalue weighted by Crippen LogP contribution is -2.11. The molecule has 1 atom stereocenters. The fourth-order valence-corrected chi connectivity index (χ4v) is 5.49. The van der Waals surface area contributed by atoms with Gasteiger partial charge in [0.15, 0.2) is 5.78 Å². The molecule has 2 aromatic heterocycles. The Bertz CT molecular complexity index is 1160. The van der Waals surface area contributed by atoms with Crippen molar-refractivity contribution in [1.82, 2.24) is 14.8 Å². The maximum atomic E-state index is 13.1. The first-order chi connectivity index (χ1) is 14.4. The van der Waals surface area contributed by atoms with Gasteiger partial charge in [0.1, 0.15) is 21.7 Å². The molecular formula is C22H22N4O2S2. The molecule has 0 unspecified atom stereocenters. The SMILES string of the molecule is CCc1nnc([C@@H]2C(=N)S/C(=C\c3cc(C)n(-c4ccc(OC)cc4)c3C)C2=O)s1. The molecule has 154 valence electrons. The number of allylic oxidation sites excluding steroid dienone is 1. The van der Waals surface area contributed by atoms with Crippen molar-refractivity contribution in [2.75, 3.05) is 7.11 Å². The number of rotatable bonds is 5. The molecule has 1 aromatic carbocycles. The van der Waals surface area contributed by atoms with E-state index < -0.39 is 5.92 Å². The third-order valence-corrected chi connectivity index (χ3v) is 7.23. The lowest BCUT2D eigenvalue weighted by molar-refractivity contribution is -0.114. The van der Waals surface area contributed by atoms with Gasteiger partial charge in [-0.05, 0) is 62.2 Å². The van der Waals surface area contributed by atoms with E-state index >= 15 is 0 Å². The molecule has 0 radical (unpaired) electrons. The molecule has 8 heteroatoms. The highest BCUT2D eigenvalue weighted by molar-refractivity contribution is 8.19. The molecule has 30 heavy (non-hydrogen) atoms. The number of carbonyl (C=O) groups excluding carboxylic acids is 1. The summed E-state index contributed by atoms with van der Waals surface area (Å²) in [4.78, 5) is 13.6. The first-order valence-electron chi connectivity index (χ1n) is 9.60. The van der Waals surface area contributed by atoms with Crippen LogP contribution in [0.25, 0.3) is 11.8 Å². The van der Waals surface area contributed by atoms with Gasteiger partial charge in [-0.2, -0.15) is 0 Å². The summed E-state index contributed by atoms with van der Waals surface area (Å²) in [5.74, 6) is 0.117. The van der Waals surface area contributed by atoms with E-state index in [1.807, 2.05) is 51.1 Å². The van der Waals surface area contributed by atoms with Gasteiger partial charge >= 0.3 is 0 Å². The second kappa shape index (κ2) is 8.20. The Kier molecular flexibility index (Phi) is 5.62. The molecule has 1 aliphatic heterocycles. The standard InChI is InChI=1S/C22H22N4O2S2/c1-5-18-24-25-22(30-18)19-20(27)17(29-21(19)23)11-14-10-12(2)26(13(14)3)15-6-8-16(28-4)9-7-15/h6-11,19,23H,5H2,1-4H3/b17-11-,23-21?/t19-/m0/s1. The van der Waals surface area contributed by atoms with Gasteiger partial charge in [-0.3, -0.25) is 10.2 Å². The Hall–Kier alpha value is -2.71. The van der Waals surface area contributed by atoms with Crippen LogP contribution < -0.4 is 4.74 Å². The summed E-state index contributed by atoms with van der Waals surface area (Å²) < 4.78 is 7.40. The number of hydrogen-bond acceptors (Lipinski definition) is 7. The van der Waals surface area contributed by atoms with Crippen LogP contribution in [0.15, 0.2) is 35.2 Å². The van der Waals surface area contributed by atoms with Crippen molar-refractivity contribution in [3.63, 3.8) is 0 Å².